The summed E-state index contributed by atoms with van der Waals surface area (Å²) in [5.41, 5.74) is 0. The SMILES string of the molecule is O=C1NCC(O)CCN1C1OC(CO)C(O)C1O. The van der Waals surface area contributed by atoms with Crippen LogP contribution in [0.15, 0.2) is 0 Å². The number of amides is 2. The van der Waals surface area contributed by atoms with Gasteiger partial charge in [-0.05, 0) is 6.42 Å². The lowest BCUT2D eigenvalue weighted by molar-refractivity contribution is -0.0791. The smallest absolute Gasteiger partial charge is 0.319 e. The Hall–Kier alpha value is -0.930. The van der Waals surface area contributed by atoms with Gasteiger partial charge in [0.15, 0.2) is 6.23 Å². The largest absolute Gasteiger partial charge is 0.394 e. The van der Waals surface area contributed by atoms with Crippen LogP contribution in [0.3, 0.4) is 0 Å². The first-order chi connectivity index (χ1) is 8.54. The maximum Gasteiger partial charge on any atom is 0.319 e. The van der Waals surface area contributed by atoms with E-state index in [2.05, 4.69) is 5.32 Å². The third-order valence-electron chi connectivity index (χ3n) is 3.28. The Bertz CT molecular complexity index is 315. The molecule has 5 N–H and O–H groups in total. The van der Waals surface area contributed by atoms with Crippen LogP contribution in [0, 0.1) is 0 Å². The van der Waals surface area contributed by atoms with E-state index >= 15 is 0 Å². The normalized spacial score (nSPS) is 41.7. The molecule has 0 radical (unpaired) electrons. The first-order valence-electron chi connectivity index (χ1n) is 5.89. The van der Waals surface area contributed by atoms with E-state index in [1.807, 2.05) is 0 Å². The predicted octanol–water partition coefficient (Wildman–Crippen LogP) is -2.80. The van der Waals surface area contributed by atoms with Crippen molar-refractivity contribution in [3.05, 3.63) is 0 Å². The van der Waals surface area contributed by atoms with Crippen molar-refractivity contribution in [2.45, 2.75) is 37.1 Å². The zero-order valence-electron chi connectivity index (χ0n) is 9.77. The number of rotatable bonds is 2. The van der Waals surface area contributed by atoms with E-state index in [1.54, 1.807) is 0 Å². The van der Waals surface area contributed by atoms with E-state index in [0.29, 0.717) is 6.42 Å². The van der Waals surface area contributed by atoms with Crippen LogP contribution in [0.1, 0.15) is 6.42 Å². The van der Waals surface area contributed by atoms with E-state index in [1.165, 1.54) is 4.90 Å². The molecular formula is C10H18N2O6. The van der Waals surface area contributed by atoms with Crippen LogP contribution in [-0.4, -0.2) is 81.7 Å². The highest BCUT2D eigenvalue weighted by atomic mass is 16.6. The molecule has 2 aliphatic heterocycles. The number of hydrogen-bond donors (Lipinski definition) is 5. The van der Waals surface area contributed by atoms with Gasteiger partial charge >= 0.3 is 6.03 Å². The van der Waals surface area contributed by atoms with E-state index in [4.69, 9.17) is 9.84 Å². The number of nitrogens with zero attached hydrogens (tertiary/aromatic N) is 1. The van der Waals surface area contributed by atoms with Gasteiger partial charge in [0.1, 0.15) is 18.3 Å². The molecule has 8 nitrogen and oxygen atoms in total. The van der Waals surface area contributed by atoms with Crippen molar-refractivity contribution in [2.24, 2.45) is 0 Å². The minimum absolute atomic E-state index is 0.143. The van der Waals surface area contributed by atoms with Crippen molar-refractivity contribution in [2.75, 3.05) is 19.7 Å². The second-order valence-electron chi connectivity index (χ2n) is 4.55. The van der Waals surface area contributed by atoms with Crippen LogP contribution in [0.2, 0.25) is 0 Å². The Balaban J connectivity index is 2.08. The lowest BCUT2D eigenvalue weighted by atomic mass is 10.1. The van der Waals surface area contributed by atoms with Gasteiger partial charge in [-0.3, -0.25) is 4.90 Å². The van der Waals surface area contributed by atoms with Gasteiger partial charge in [-0.2, -0.15) is 0 Å². The van der Waals surface area contributed by atoms with E-state index in [-0.39, 0.29) is 13.1 Å². The number of β-amino-alcohol motifs (C(OH)–C–C–N with tert-alkyl or cyclic N) is 1. The number of nitrogens with one attached hydrogen (secondary N) is 1. The maximum atomic E-state index is 11.8. The monoisotopic (exact) mass is 262 g/mol. The average molecular weight is 262 g/mol. The second-order valence-corrected chi connectivity index (χ2v) is 4.55. The lowest BCUT2D eigenvalue weighted by Crippen LogP contribution is -2.50. The Morgan fingerprint density at radius 2 is 2.06 bits per heavy atom. The van der Waals surface area contributed by atoms with E-state index in [9.17, 15) is 20.1 Å². The second kappa shape index (κ2) is 5.37. The molecule has 5 unspecified atom stereocenters. The molecule has 0 spiro atoms. The lowest BCUT2D eigenvalue weighted by Gasteiger charge is -2.28. The Labute approximate surface area is 104 Å². The summed E-state index contributed by atoms with van der Waals surface area (Å²) in [5, 5.41) is 40.4. The zero-order valence-corrected chi connectivity index (χ0v) is 9.77. The van der Waals surface area contributed by atoms with E-state index < -0.39 is 43.3 Å². The Morgan fingerprint density at radius 1 is 1.33 bits per heavy atom. The highest BCUT2D eigenvalue weighted by Gasteiger charge is 2.46. The summed E-state index contributed by atoms with van der Waals surface area (Å²) >= 11 is 0. The fourth-order valence-corrected chi connectivity index (χ4v) is 2.18. The van der Waals surface area contributed by atoms with Crippen LogP contribution >= 0.6 is 0 Å². The third kappa shape index (κ3) is 2.43. The molecule has 2 fully saturated rings. The molecule has 0 aliphatic carbocycles. The molecule has 2 rings (SSSR count). The van der Waals surface area contributed by atoms with Crippen LogP contribution in [-0.2, 0) is 4.74 Å². The molecule has 2 heterocycles. The summed E-state index contributed by atoms with van der Waals surface area (Å²) in [7, 11) is 0. The molecular weight excluding hydrogens is 244 g/mol. The standard InChI is InChI=1S/C10H18N2O6/c13-4-6-7(15)8(16)9(18-6)12-2-1-5(14)3-11-10(12)17/h5-9,13-16H,1-4H2,(H,11,17). The van der Waals surface area contributed by atoms with E-state index in [0.717, 1.165) is 0 Å². The molecule has 2 saturated heterocycles. The van der Waals surface area contributed by atoms with Gasteiger partial charge in [-0.25, -0.2) is 4.79 Å². The number of ether oxygens (including phenoxy) is 1. The molecule has 104 valence electrons. The highest BCUT2D eigenvalue weighted by Crippen LogP contribution is 2.25. The number of aliphatic hydroxyl groups excluding tert-OH is 4. The molecule has 2 amide bonds. The summed E-state index contributed by atoms with van der Waals surface area (Å²) in [6.07, 6.45) is -4.72. The highest BCUT2D eigenvalue weighted by molar-refractivity contribution is 5.74. The molecule has 8 heteroatoms. The summed E-state index contributed by atoms with van der Waals surface area (Å²) in [6, 6.07) is -0.471. The number of aliphatic hydroxyl groups is 4. The van der Waals surface area contributed by atoms with Gasteiger partial charge in [0.25, 0.3) is 0 Å². The number of urea groups is 1. The summed E-state index contributed by atoms with van der Waals surface area (Å²) in [4.78, 5) is 13.0. The Morgan fingerprint density at radius 3 is 2.67 bits per heavy atom. The number of carbonyl (C=O) groups excluding carboxylic acids is 1. The molecule has 0 saturated carbocycles. The zero-order chi connectivity index (χ0) is 13.3. The number of carbonyl (C=O) groups is 1. The molecule has 0 aromatic heterocycles. The first kappa shape index (κ1) is 13.5. The van der Waals surface area contributed by atoms with Crippen LogP contribution in [0.5, 0.6) is 0 Å². The van der Waals surface area contributed by atoms with Crippen molar-refractivity contribution < 1.29 is 30.0 Å². The van der Waals surface area contributed by atoms with Crippen molar-refractivity contribution >= 4 is 6.03 Å². The van der Waals surface area contributed by atoms with Crippen molar-refractivity contribution in [3.8, 4) is 0 Å². The number of hydrogen-bond acceptors (Lipinski definition) is 6. The molecule has 0 aromatic carbocycles. The minimum Gasteiger partial charge on any atom is -0.394 e. The molecule has 2 aliphatic rings. The minimum atomic E-state index is -1.27. The van der Waals surface area contributed by atoms with Gasteiger partial charge in [0, 0.05) is 13.1 Å². The first-order valence-corrected chi connectivity index (χ1v) is 5.89. The Kier molecular flexibility index (Phi) is 4.03. The summed E-state index contributed by atoms with van der Waals surface area (Å²) in [6.45, 7) is -0.0868. The van der Waals surface area contributed by atoms with Crippen LogP contribution in [0.4, 0.5) is 4.79 Å². The topological polar surface area (TPSA) is 122 Å². The van der Waals surface area contributed by atoms with Crippen molar-refractivity contribution in [1.82, 2.24) is 10.2 Å². The van der Waals surface area contributed by atoms with Crippen LogP contribution in [0.25, 0.3) is 0 Å². The molecule has 0 bridgehead atoms. The quantitative estimate of drug-likeness (QED) is 0.366. The van der Waals surface area contributed by atoms with Gasteiger partial charge < -0.3 is 30.5 Å². The molecule has 5 atom stereocenters. The molecule has 18 heavy (non-hydrogen) atoms. The van der Waals surface area contributed by atoms with Gasteiger partial charge in [0.2, 0.25) is 0 Å². The van der Waals surface area contributed by atoms with Gasteiger partial charge in [-0.1, -0.05) is 0 Å². The summed E-state index contributed by atoms with van der Waals surface area (Å²) in [5.74, 6) is 0. The van der Waals surface area contributed by atoms with Crippen LogP contribution < -0.4 is 5.32 Å². The molecule has 0 aromatic rings. The van der Waals surface area contributed by atoms with Crippen molar-refractivity contribution in [1.29, 1.82) is 0 Å². The fourth-order valence-electron chi connectivity index (χ4n) is 2.18. The predicted molar refractivity (Wildman–Crippen MR) is 58.5 cm³/mol. The third-order valence-corrected chi connectivity index (χ3v) is 3.28. The maximum absolute atomic E-state index is 11.8. The van der Waals surface area contributed by atoms with Crippen molar-refractivity contribution in [3.63, 3.8) is 0 Å². The van der Waals surface area contributed by atoms with Gasteiger partial charge in [0.05, 0.1) is 12.7 Å². The summed E-state index contributed by atoms with van der Waals surface area (Å²) < 4.78 is 5.27. The van der Waals surface area contributed by atoms with Gasteiger partial charge in [-0.15, -0.1) is 0 Å². The average Bonchev–Trinajstić information content (AvgIpc) is 2.53. The fraction of sp³-hybridized carbons (Fsp3) is 0.900.